The van der Waals surface area contributed by atoms with Crippen LogP contribution in [0.1, 0.15) is 23.3 Å². The Morgan fingerprint density at radius 3 is 2.79 bits per heavy atom. The summed E-state index contributed by atoms with van der Waals surface area (Å²) in [4.78, 5) is 11.3. The molecule has 0 fully saturated rings. The van der Waals surface area contributed by atoms with Crippen molar-refractivity contribution in [3.63, 3.8) is 0 Å². The molecule has 2 rings (SSSR count). The maximum atomic E-state index is 4.65. The van der Waals surface area contributed by atoms with Crippen molar-refractivity contribution in [2.75, 3.05) is 18.5 Å². The monoisotopic (exact) mass is 276 g/mol. The van der Waals surface area contributed by atoms with E-state index in [2.05, 4.69) is 38.6 Å². The molecule has 102 valence electrons. The summed E-state index contributed by atoms with van der Waals surface area (Å²) in [5, 5.41) is 6.51. The van der Waals surface area contributed by atoms with Gasteiger partial charge in [0.1, 0.15) is 5.82 Å². The van der Waals surface area contributed by atoms with Crippen molar-refractivity contribution in [1.82, 2.24) is 15.3 Å². The van der Waals surface area contributed by atoms with Crippen molar-refractivity contribution in [1.29, 1.82) is 0 Å². The Bertz CT molecular complexity index is 524. The van der Waals surface area contributed by atoms with E-state index in [1.54, 1.807) is 11.3 Å². The Labute approximate surface area is 118 Å². The average molecular weight is 276 g/mol. The van der Waals surface area contributed by atoms with E-state index in [-0.39, 0.29) is 0 Å². The van der Waals surface area contributed by atoms with Crippen LogP contribution < -0.4 is 10.2 Å². The Morgan fingerprint density at radius 2 is 2.11 bits per heavy atom. The summed E-state index contributed by atoms with van der Waals surface area (Å²) in [5.41, 5.74) is 2.17. The molecule has 0 aliphatic heterocycles. The van der Waals surface area contributed by atoms with Gasteiger partial charge in [0.2, 0.25) is 0 Å². The summed E-state index contributed by atoms with van der Waals surface area (Å²) in [7, 11) is 2.05. The standard InChI is InChI=1S/C14H20N4S/c1-4-15-8-12-6-5-7-14(17-12)18(3)9-13-10-19-11(2)16-13/h5-7,10,15H,4,8-9H2,1-3H3. The zero-order valence-corrected chi connectivity index (χ0v) is 12.5. The maximum absolute atomic E-state index is 4.65. The van der Waals surface area contributed by atoms with Gasteiger partial charge < -0.3 is 10.2 Å². The van der Waals surface area contributed by atoms with Gasteiger partial charge in [-0.1, -0.05) is 13.0 Å². The largest absolute Gasteiger partial charge is 0.354 e. The zero-order valence-electron chi connectivity index (χ0n) is 11.7. The highest BCUT2D eigenvalue weighted by atomic mass is 32.1. The van der Waals surface area contributed by atoms with E-state index in [9.17, 15) is 0 Å². The molecule has 0 aliphatic carbocycles. The van der Waals surface area contributed by atoms with Crippen LogP contribution in [0.4, 0.5) is 5.82 Å². The minimum Gasteiger partial charge on any atom is -0.354 e. The lowest BCUT2D eigenvalue weighted by molar-refractivity contribution is 0.708. The molecule has 0 spiro atoms. The molecule has 4 nitrogen and oxygen atoms in total. The molecule has 0 amide bonds. The third-order valence-electron chi connectivity index (χ3n) is 2.81. The highest BCUT2D eigenvalue weighted by molar-refractivity contribution is 7.09. The molecule has 0 unspecified atom stereocenters. The molecule has 0 aromatic carbocycles. The van der Waals surface area contributed by atoms with Crippen LogP contribution in [0.2, 0.25) is 0 Å². The second-order valence-electron chi connectivity index (χ2n) is 4.48. The predicted octanol–water partition coefficient (Wildman–Crippen LogP) is 2.59. The van der Waals surface area contributed by atoms with Gasteiger partial charge in [0.25, 0.3) is 0 Å². The Morgan fingerprint density at radius 1 is 1.26 bits per heavy atom. The average Bonchev–Trinajstić information content (AvgIpc) is 2.82. The molecule has 2 aromatic rings. The molecule has 0 atom stereocenters. The molecule has 2 heterocycles. The van der Waals surface area contributed by atoms with Crippen LogP contribution in [-0.2, 0) is 13.1 Å². The molecular formula is C14H20N4S. The zero-order chi connectivity index (χ0) is 13.7. The van der Waals surface area contributed by atoms with Crippen molar-refractivity contribution in [2.24, 2.45) is 0 Å². The molecule has 0 bridgehead atoms. The van der Waals surface area contributed by atoms with Gasteiger partial charge in [-0.05, 0) is 25.6 Å². The SMILES string of the molecule is CCNCc1cccc(N(C)Cc2csc(C)n2)n1. The van der Waals surface area contributed by atoms with Gasteiger partial charge in [0.15, 0.2) is 0 Å². The van der Waals surface area contributed by atoms with Crippen LogP contribution in [-0.4, -0.2) is 23.6 Å². The third kappa shape index (κ3) is 4.01. The van der Waals surface area contributed by atoms with Crippen LogP contribution in [0.15, 0.2) is 23.6 Å². The van der Waals surface area contributed by atoms with Crippen LogP contribution in [0, 0.1) is 6.92 Å². The van der Waals surface area contributed by atoms with Crippen molar-refractivity contribution in [3.05, 3.63) is 40.0 Å². The number of aryl methyl sites for hydroxylation is 1. The summed E-state index contributed by atoms with van der Waals surface area (Å²) in [6.45, 7) is 6.69. The maximum Gasteiger partial charge on any atom is 0.128 e. The summed E-state index contributed by atoms with van der Waals surface area (Å²) >= 11 is 1.69. The fourth-order valence-electron chi connectivity index (χ4n) is 1.84. The van der Waals surface area contributed by atoms with Gasteiger partial charge in [0, 0.05) is 19.0 Å². The summed E-state index contributed by atoms with van der Waals surface area (Å²) in [6.07, 6.45) is 0. The number of hydrogen-bond donors (Lipinski definition) is 1. The van der Waals surface area contributed by atoms with Crippen molar-refractivity contribution in [2.45, 2.75) is 26.9 Å². The molecular weight excluding hydrogens is 256 g/mol. The fraction of sp³-hybridized carbons (Fsp3) is 0.429. The first-order chi connectivity index (χ1) is 9.19. The molecule has 19 heavy (non-hydrogen) atoms. The van der Waals surface area contributed by atoms with E-state index in [1.807, 2.05) is 26.1 Å². The van der Waals surface area contributed by atoms with Crippen LogP contribution in [0.5, 0.6) is 0 Å². The highest BCUT2D eigenvalue weighted by Crippen LogP contribution is 2.15. The lowest BCUT2D eigenvalue weighted by Gasteiger charge is -2.17. The van der Waals surface area contributed by atoms with E-state index < -0.39 is 0 Å². The fourth-order valence-corrected chi connectivity index (χ4v) is 2.44. The van der Waals surface area contributed by atoms with Gasteiger partial charge in [-0.25, -0.2) is 9.97 Å². The Balaban J connectivity index is 2.03. The Kier molecular flexibility index (Phi) is 4.87. The molecule has 0 radical (unpaired) electrons. The van der Waals surface area contributed by atoms with Gasteiger partial charge in [-0.2, -0.15) is 0 Å². The van der Waals surface area contributed by atoms with Crippen molar-refractivity contribution < 1.29 is 0 Å². The molecule has 5 heteroatoms. The number of hydrogen-bond acceptors (Lipinski definition) is 5. The lowest BCUT2D eigenvalue weighted by Crippen LogP contribution is -2.19. The topological polar surface area (TPSA) is 41.0 Å². The number of aromatic nitrogens is 2. The number of thiazole rings is 1. The minimum absolute atomic E-state index is 0.794. The van der Waals surface area contributed by atoms with E-state index in [1.165, 1.54) is 0 Å². The van der Waals surface area contributed by atoms with E-state index in [0.29, 0.717) is 0 Å². The quantitative estimate of drug-likeness (QED) is 0.880. The lowest BCUT2D eigenvalue weighted by atomic mass is 10.3. The number of nitrogens with one attached hydrogen (secondary N) is 1. The normalized spacial score (nSPS) is 10.7. The van der Waals surface area contributed by atoms with Crippen molar-refractivity contribution >= 4 is 17.2 Å². The van der Waals surface area contributed by atoms with E-state index in [0.717, 1.165) is 41.8 Å². The van der Waals surface area contributed by atoms with Crippen LogP contribution in [0.25, 0.3) is 0 Å². The van der Waals surface area contributed by atoms with Gasteiger partial charge in [-0.3, -0.25) is 0 Å². The van der Waals surface area contributed by atoms with Gasteiger partial charge in [0.05, 0.1) is 22.9 Å². The molecule has 0 saturated carbocycles. The number of anilines is 1. The summed E-state index contributed by atoms with van der Waals surface area (Å²) in [5.74, 6) is 0.987. The van der Waals surface area contributed by atoms with Crippen molar-refractivity contribution in [3.8, 4) is 0 Å². The second kappa shape index (κ2) is 6.63. The van der Waals surface area contributed by atoms with E-state index >= 15 is 0 Å². The molecule has 0 aliphatic rings. The molecule has 0 saturated heterocycles. The first kappa shape index (κ1) is 14.0. The molecule has 1 N–H and O–H groups in total. The van der Waals surface area contributed by atoms with Gasteiger partial charge >= 0.3 is 0 Å². The first-order valence-corrected chi connectivity index (χ1v) is 7.35. The van der Waals surface area contributed by atoms with E-state index in [4.69, 9.17) is 0 Å². The number of pyridine rings is 1. The molecule has 2 aromatic heterocycles. The Hall–Kier alpha value is -1.46. The van der Waals surface area contributed by atoms with Crippen LogP contribution >= 0.6 is 11.3 Å². The third-order valence-corrected chi connectivity index (χ3v) is 3.63. The smallest absolute Gasteiger partial charge is 0.128 e. The highest BCUT2D eigenvalue weighted by Gasteiger charge is 2.06. The van der Waals surface area contributed by atoms with Gasteiger partial charge in [-0.15, -0.1) is 11.3 Å². The number of nitrogens with zero attached hydrogens (tertiary/aromatic N) is 3. The number of rotatable bonds is 6. The predicted molar refractivity (Wildman–Crippen MR) is 80.6 cm³/mol. The summed E-state index contributed by atoms with van der Waals surface area (Å²) in [6, 6.07) is 6.14. The second-order valence-corrected chi connectivity index (χ2v) is 5.54. The summed E-state index contributed by atoms with van der Waals surface area (Å²) < 4.78 is 0. The van der Waals surface area contributed by atoms with Crippen LogP contribution in [0.3, 0.4) is 0 Å². The minimum atomic E-state index is 0.794. The first-order valence-electron chi connectivity index (χ1n) is 6.48.